The third kappa shape index (κ3) is 4.04. The molecule has 0 saturated heterocycles. The average Bonchev–Trinajstić information content (AvgIpc) is 2.92. The van der Waals surface area contributed by atoms with Crippen molar-refractivity contribution in [2.24, 2.45) is 5.16 Å². The summed E-state index contributed by atoms with van der Waals surface area (Å²) >= 11 is 2.13. The molecule has 26 heavy (non-hydrogen) atoms. The number of benzene rings is 2. The number of hydrogen-bond donors (Lipinski definition) is 0. The lowest BCUT2D eigenvalue weighted by atomic mass is 10.1. The van der Waals surface area contributed by atoms with Crippen molar-refractivity contribution in [3.05, 3.63) is 62.5 Å². The molecule has 0 unspecified atom stereocenters. The number of oxime groups is 1. The van der Waals surface area contributed by atoms with Gasteiger partial charge in [-0.15, -0.1) is 0 Å². The maximum absolute atomic E-state index is 13.3. The van der Waals surface area contributed by atoms with Gasteiger partial charge in [0.1, 0.15) is 12.4 Å². The van der Waals surface area contributed by atoms with E-state index in [9.17, 15) is 9.18 Å². The first-order valence-corrected chi connectivity index (χ1v) is 8.78. The van der Waals surface area contributed by atoms with Crippen molar-refractivity contribution in [3.63, 3.8) is 0 Å². The second-order valence-electron chi connectivity index (χ2n) is 5.57. The van der Waals surface area contributed by atoms with Gasteiger partial charge in [0.15, 0.2) is 11.5 Å². The molecule has 0 bridgehead atoms. The number of carbonyl (C=O) groups excluding carboxylic acids is 1. The molecule has 0 atom stereocenters. The van der Waals surface area contributed by atoms with Gasteiger partial charge in [0.2, 0.25) is 0 Å². The summed E-state index contributed by atoms with van der Waals surface area (Å²) in [6.07, 6.45) is 1.69. The largest absolute Gasteiger partial charge is 0.493 e. The van der Waals surface area contributed by atoms with E-state index in [1.54, 1.807) is 31.2 Å². The molecule has 1 heterocycles. The number of rotatable bonds is 5. The van der Waals surface area contributed by atoms with Crippen LogP contribution in [-0.4, -0.2) is 18.8 Å². The molecule has 0 aliphatic carbocycles. The normalized spacial score (nSPS) is 15.0. The van der Waals surface area contributed by atoms with Crippen LogP contribution in [0.25, 0.3) is 6.08 Å². The van der Waals surface area contributed by atoms with Crippen molar-refractivity contribution >= 4 is 40.3 Å². The van der Waals surface area contributed by atoms with Crippen molar-refractivity contribution in [1.82, 2.24) is 0 Å². The summed E-state index contributed by atoms with van der Waals surface area (Å²) in [5, 5.41) is 3.66. The first-order chi connectivity index (χ1) is 12.5. The summed E-state index contributed by atoms with van der Waals surface area (Å²) in [5.41, 5.74) is 2.40. The summed E-state index contributed by atoms with van der Waals surface area (Å²) in [6, 6.07) is 9.84. The van der Waals surface area contributed by atoms with E-state index >= 15 is 0 Å². The number of halogens is 2. The highest BCUT2D eigenvalue weighted by molar-refractivity contribution is 14.1. The quantitative estimate of drug-likeness (QED) is 0.373. The molecule has 134 valence electrons. The smallest absolute Gasteiger partial charge is 0.367 e. The van der Waals surface area contributed by atoms with Crippen LogP contribution in [0, 0.1) is 9.39 Å². The second kappa shape index (κ2) is 7.86. The maximum atomic E-state index is 13.3. The second-order valence-corrected chi connectivity index (χ2v) is 6.73. The Kier molecular flexibility index (Phi) is 5.55. The Morgan fingerprint density at radius 1 is 1.31 bits per heavy atom. The van der Waals surface area contributed by atoms with Gasteiger partial charge in [0.25, 0.3) is 0 Å². The predicted molar refractivity (Wildman–Crippen MR) is 104 cm³/mol. The lowest BCUT2D eigenvalue weighted by molar-refractivity contribution is -0.136. The monoisotopic (exact) mass is 467 g/mol. The van der Waals surface area contributed by atoms with Crippen LogP contribution in [0.15, 0.2) is 47.1 Å². The van der Waals surface area contributed by atoms with E-state index in [-0.39, 0.29) is 12.4 Å². The zero-order valence-corrected chi connectivity index (χ0v) is 16.2. The van der Waals surface area contributed by atoms with E-state index in [1.807, 2.05) is 6.07 Å². The van der Waals surface area contributed by atoms with Crippen molar-refractivity contribution in [2.75, 3.05) is 7.11 Å². The minimum absolute atomic E-state index is 0.211. The molecular formula is C19H15FINO4. The van der Waals surface area contributed by atoms with Crippen LogP contribution >= 0.6 is 22.6 Å². The molecule has 0 saturated carbocycles. The third-order valence-electron chi connectivity index (χ3n) is 3.71. The fraction of sp³-hybridized carbons (Fsp3) is 0.158. The highest BCUT2D eigenvalue weighted by Crippen LogP contribution is 2.35. The standard InChI is InChI=1S/C19H15FINO4/c1-11-15(19(23)26-22-11)7-13-8-16(21)18(17(9-13)24-2)25-10-12-4-3-5-14(20)6-12/h3-9H,10H2,1-2H3/b15-7+. The molecule has 2 aromatic rings. The Morgan fingerprint density at radius 3 is 2.77 bits per heavy atom. The van der Waals surface area contributed by atoms with Crippen LogP contribution in [0.1, 0.15) is 18.1 Å². The topological polar surface area (TPSA) is 57.1 Å². The fourth-order valence-corrected chi connectivity index (χ4v) is 3.21. The minimum Gasteiger partial charge on any atom is -0.493 e. The molecule has 0 fully saturated rings. The van der Waals surface area contributed by atoms with Crippen LogP contribution in [0.4, 0.5) is 4.39 Å². The molecule has 0 aromatic heterocycles. The van der Waals surface area contributed by atoms with Crippen molar-refractivity contribution in [1.29, 1.82) is 0 Å². The Morgan fingerprint density at radius 2 is 2.12 bits per heavy atom. The van der Waals surface area contributed by atoms with Gasteiger partial charge in [-0.3, -0.25) is 0 Å². The highest BCUT2D eigenvalue weighted by atomic mass is 127. The van der Waals surface area contributed by atoms with E-state index in [2.05, 4.69) is 32.6 Å². The number of ether oxygens (including phenoxy) is 2. The van der Waals surface area contributed by atoms with Crippen molar-refractivity contribution in [3.8, 4) is 11.5 Å². The van der Waals surface area contributed by atoms with Crippen LogP contribution in [0.2, 0.25) is 0 Å². The van der Waals surface area contributed by atoms with E-state index in [4.69, 9.17) is 9.47 Å². The molecule has 7 heteroatoms. The lowest BCUT2D eigenvalue weighted by Gasteiger charge is -2.14. The molecular weight excluding hydrogens is 452 g/mol. The summed E-state index contributed by atoms with van der Waals surface area (Å²) < 4.78 is 25.3. The van der Waals surface area contributed by atoms with Gasteiger partial charge in [0.05, 0.1) is 22.0 Å². The van der Waals surface area contributed by atoms with E-state index in [0.717, 1.165) is 14.7 Å². The van der Waals surface area contributed by atoms with Gasteiger partial charge in [-0.1, -0.05) is 17.3 Å². The van der Waals surface area contributed by atoms with Crippen LogP contribution in [-0.2, 0) is 16.2 Å². The maximum Gasteiger partial charge on any atom is 0.367 e. The van der Waals surface area contributed by atoms with E-state index in [0.29, 0.717) is 22.8 Å². The average molecular weight is 467 g/mol. The summed E-state index contributed by atoms with van der Waals surface area (Å²) in [4.78, 5) is 16.3. The SMILES string of the molecule is COc1cc(/C=C2/C(=O)ON=C2C)cc(I)c1OCc1cccc(F)c1. The van der Waals surface area contributed by atoms with Crippen LogP contribution in [0.3, 0.4) is 0 Å². The molecule has 3 rings (SSSR count). The molecule has 5 nitrogen and oxygen atoms in total. The Labute approximate surface area is 163 Å². The number of carbonyl (C=O) groups is 1. The molecule has 1 aliphatic rings. The van der Waals surface area contributed by atoms with E-state index < -0.39 is 5.97 Å². The third-order valence-corrected chi connectivity index (χ3v) is 4.51. The number of methoxy groups -OCH3 is 1. The zero-order valence-electron chi connectivity index (χ0n) is 14.1. The van der Waals surface area contributed by atoms with Gasteiger partial charge in [-0.2, -0.15) is 0 Å². The van der Waals surface area contributed by atoms with Crippen molar-refractivity contribution < 1.29 is 23.5 Å². The van der Waals surface area contributed by atoms with Gasteiger partial charge in [-0.05, 0) is 71.0 Å². The molecule has 0 amide bonds. The molecule has 0 radical (unpaired) electrons. The summed E-state index contributed by atoms with van der Waals surface area (Å²) in [5.74, 6) is 0.276. The van der Waals surface area contributed by atoms with Crippen LogP contribution in [0.5, 0.6) is 11.5 Å². The predicted octanol–water partition coefficient (Wildman–Crippen LogP) is 4.33. The van der Waals surface area contributed by atoms with Gasteiger partial charge >= 0.3 is 5.97 Å². The first kappa shape index (κ1) is 18.4. The minimum atomic E-state index is -0.483. The zero-order chi connectivity index (χ0) is 18.7. The molecule has 2 aromatic carbocycles. The number of hydrogen-bond acceptors (Lipinski definition) is 5. The summed E-state index contributed by atoms with van der Waals surface area (Å²) in [6.45, 7) is 1.91. The van der Waals surface area contributed by atoms with Gasteiger partial charge < -0.3 is 14.3 Å². The first-order valence-electron chi connectivity index (χ1n) is 7.70. The molecule has 0 spiro atoms. The lowest BCUT2D eigenvalue weighted by Crippen LogP contribution is -2.03. The van der Waals surface area contributed by atoms with Gasteiger partial charge in [0, 0.05) is 0 Å². The van der Waals surface area contributed by atoms with Crippen LogP contribution < -0.4 is 9.47 Å². The number of nitrogens with zero attached hydrogens (tertiary/aromatic N) is 1. The van der Waals surface area contributed by atoms with E-state index in [1.165, 1.54) is 19.2 Å². The highest BCUT2D eigenvalue weighted by Gasteiger charge is 2.22. The summed E-state index contributed by atoms with van der Waals surface area (Å²) in [7, 11) is 1.54. The van der Waals surface area contributed by atoms with Gasteiger partial charge in [-0.25, -0.2) is 9.18 Å². The van der Waals surface area contributed by atoms with Crippen molar-refractivity contribution in [2.45, 2.75) is 13.5 Å². The Balaban J connectivity index is 1.87. The Hall–Kier alpha value is -2.42. The fourth-order valence-electron chi connectivity index (χ4n) is 2.43. The Bertz CT molecular complexity index is 924. The molecule has 0 N–H and O–H groups in total. The molecule has 1 aliphatic heterocycles.